The van der Waals surface area contributed by atoms with Gasteiger partial charge in [-0.2, -0.15) is 0 Å². The monoisotopic (exact) mass is 1510 g/mol. The van der Waals surface area contributed by atoms with Gasteiger partial charge in [0.2, 0.25) is 29.5 Å². The molecule has 31 nitrogen and oxygen atoms in total. The largest absolute Gasteiger partial charge is 0.386 e. The molecule has 562 valence electrons. The average molecular weight is 1520 g/mol. The third-order valence-corrected chi connectivity index (χ3v) is 17.3. The first-order chi connectivity index (χ1) is 45.2. The van der Waals surface area contributed by atoms with E-state index >= 15 is 0 Å². The molecule has 10 N–H and O–H groups in total. The van der Waals surface area contributed by atoms with Crippen molar-refractivity contribution in [2.24, 2.45) is 0 Å². The predicted molar refractivity (Wildman–Crippen MR) is 347 cm³/mol. The molecule has 2 aromatic rings. The molecule has 5 aliphatic rings. The third kappa shape index (κ3) is 31.0. The summed E-state index contributed by atoms with van der Waals surface area (Å²) in [5.74, 6) is 4.73. The van der Waals surface area contributed by atoms with Gasteiger partial charge >= 0.3 is 19.0 Å². The first-order valence-corrected chi connectivity index (χ1v) is 40.3. The summed E-state index contributed by atoms with van der Waals surface area (Å²) in [5.41, 5.74) is -2.91. The second-order valence-corrected chi connectivity index (χ2v) is 34.1. The Hall–Kier alpha value is -3.86. The van der Waals surface area contributed by atoms with Crippen LogP contribution in [0.25, 0.3) is 0 Å². The van der Waals surface area contributed by atoms with Crippen molar-refractivity contribution < 1.29 is 132 Å². The quantitative estimate of drug-likeness (QED) is 0.0447. The SMILES string of the molecule is CC(C)O[C@H]1[C@@H](F)CO[C@@H]1/C=C/P(=O)(O)CO.CC(C)O[C@H]1[C@@H](F)CO[C@@H]1/C=C/P(=O)(O)O.CC(C)O[C@H]1[C@@H](F)CO[C@@H]1/C=C/P(C)(=O)O.CC(C)O[C@H]1[C@@H](F)[C@H](n2ccc(=O)[nH]c2=O)O[C@@H]1/C=C/P(=O)(O)CO.CC(C)O[C@H]1[C@@H](F)[C@H](n2ccc(=O)[nH]c2=O)O[C@@H]1/C=C/P(C)(=O)O. The summed E-state index contributed by atoms with van der Waals surface area (Å²) < 4.78 is 181. The number of rotatable bonds is 24. The summed E-state index contributed by atoms with van der Waals surface area (Å²) in [5, 5.41) is 17.5. The number of H-pyrrole nitrogens is 2. The van der Waals surface area contributed by atoms with Crippen LogP contribution in [0.1, 0.15) is 81.7 Å². The molecule has 0 spiro atoms. The fourth-order valence-electron chi connectivity index (χ4n) is 9.19. The zero-order chi connectivity index (χ0) is 74.6. The molecule has 0 bridgehead atoms. The number of nitrogens with one attached hydrogen (secondary N) is 2. The van der Waals surface area contributed by atoms with Crippen molar-refractivity contribution in [1.29, 1.82) is 0 Å². The van der Waals surface area contributed by atoms with Crippen LogP contribution < -0.4 is 22.5 Å². The molecule has 0 saturated carbocycles. The summed E-state index contributed by atoms with van der Waals surface area (Å²) in [7, 11) is -18.5. The van der Waals surface area contributed by atoms with Gasteiger partial charge in [0.15, 0.2) is 43.3 Å². The summed E-state index contributed by atoms with van der Waals surface area (Å²) in [4.78, 5) is 104. The number of alkyl halides is 5. The minimum atomic E-state index is -4.24. The van der Waals surface area contributed by atoms with Crippen molar-refractivity contribution in [2.45, 2.75) is 204 Å². The van der Waals surface area contributed by atoms with Crippen LogP contribution in [0.5, 0.6) is 0 Å². The molecule has 41 heteroatoms. The van der Waals surface area contributed by atoms with E-state index in [-0.39, 0.29) is 50.3 Å². The highest BCUT2D eigenvalue weighted by molar-refractivity contribution is 7.61. The molecule has 5 fully saturated rings. The zero-order valence-corrected chi connectivity index (χ0v) is 60.1. The minimum absolute atomic E-state index is 0.0359. The van der Waals surface area contributed by atoms with Crippen LogP contribution in [0.2, 0.25) is 0 Å². The molecule has 0 aromatic carbocycles. The van der Waals surface area contributed by atoms with Gasteiger partial charge < -0.3 is 86.9 Å². The van der Waals surface area contributed by atoms with Gasteiger partial charge in [0.25, 0.3) is 11.1 Å². The van der Waals surface area contributed by atoms with Crippen LogP contribution >= 0.6 is 37.1 Å². The van der Waals surface area contributed by atoms with E-state index in [2.05, 4.69) is 0 Å². The van der Waals surface area contributed by atoms with Gasteiger partial charge in [0.05, 0.1) is 50.3 Å². The number of aromatic amines is 2. The van der Waals surface area contributed by atoms with Crippen molar-refractivity contribution in [2.75, 3.05) is 45.8 Å². The number of aliphatic hydroxyl groups excluding tert-OH is 2. The van der Waals surface area contributed by atoms with Crippen LogP contribution in [0, 0.1) is 0 Å². The van der Waals surface area contributed by atoms with E-state index in [0.29, 0.717) is 5.82 Å². The van der Waals surface area contributed by atoms with Crippen LogP contribution in [0.3, 0.4) is 0 Å². The number of nitrogens with zero attached hydrogens (tertiary/aromatic N) is 2. The third-order valence-electron chi connectivity index (χ3n) is 13.2. The molecule has 2 aromatic heterocycles. The Morgan fingerprint density at radius 2 is 0.724 bits per heavy atom. The lowest BCUT2D eigenvalue weighted by Crippen LogP contribution is -2.37. The Balaban J connectivity index is 0.000000324. The van der Waals surface area contributed by atoms with E-state index in [1.807, 2.05) is 23.8 Å². The summed E-state index contributed by atoms with van der Waals surface area (Å²) in [6.07, 6.45) is -12.8. The van der Waals surface area contributed by atoms with Crippen molar-refractivity contribution in [1.82, 2.24) is 19.1 Å². The highest BCUT2D eigenvalue weighted by atomic mass is 31.2. The van der Waals surface area contributed by atoms with E-state index < -0.39 is 177 Å². The molecule has 0 amide bonds. The lowest BCUT2D eigenvalue weighted by atomic mass is 10.1. The van der Waals surface area contributed by atoms with Crippen molar-refractivity contribution in [3.8, 4) is 0 Å². The van der Waals surface area contributed by atoms with Crippen LogP contribution in [0.4, 0.5) is 22.0 Å². The first kappa shape index (κ1) is 88.4. The molecule has 7 rings (SSSR count). The fourth-order valence-corrected chi connectivity index (χ4v) is 11.6. The van der Waals surface area contributed by atoms with E-state index in [0.717, 1.165) is 75.7 Å². The van der Waals surface area contributed by atoms with Crippen molar-refractivity contribution in [3.05, 3.63) is 126 Å². The minimum Gasteiger partial charge on any atom is -0.386 e. The van der Waals surface area contributed by atoms with Gasteiger partial charge in [-0.15, -0.1) is 0 Å². The Labute approximate surface area is 561 Å². The lowest BCUT2D eigenvalue weighted by Gasteiger charge is -2.20. The number of hydrogen-bond donors (Lipinski definition) is 10. The molecule has 21 atom stereocenters. The molecule has 0 aliphatic carbocycles. The number of aromatic nitrogens is 4. The molecule has 0 radical (unpaired) electrons. The predicted octanol–water partition coefficient (Wildman–Crippen LogP) is 5.67. The summed E-state index contributed by atoms with van der Waals surface area (Å²) in [6.45, 7) is 19.6. The molecule has 4 unspecified atom stereocenters. The maximum atomic E-state index is 14.8. The topological polar surface area (TPSA) is 449 Å². The van der Waals surface area contributed by atoms with Gasteiger partial charge in [-0.25, -0.2) is 31.5 Å². The number of ether oxygens (including phenoxy) is 10. The number of halogens is 5. The maximum absolute atomic E-state index is 14.8. The van der Waals surface area contributed by atoms with Crippen LogP contribution in [0.15, 0.2) is 103 Å². The summed E-state index contributed by atoms with van der Waals surface area (Å²) in [6, 6.07) is 2.12. The van der Waals surface area contributed by atoms with Gasteiger partial charge in [-0.1, -0.05) is 0 Å². The van der Waals surface area contributed by atoms with E-state index in [1.54, 1.807) is 55.4 Å². The maximum Gasteiger partial charge on any atom is 0.348 e. The van der Waals surface area contributed by atoms with Crippen LogP contribution in [-0.4, -0.2) is 227 Å². The van der Waals surface area contributed by atoms with Gasteiger partial charge in [0.1, 0.15) is 73.7 Å². The number of hydrogen-bond acceptors (Lipinski definition) is 21. The van der Waals surface area contributed by atoms with Crippen LogP contribution in [-0.2, 0) is 70.2 Å². The van der Waals surface area contributed by atoms with Gasteiger partial charge in [-0.05, 0) is 111 Å². The smallest absolute Gasteiger partial charge is 0.348 e. The molecule has 5 aliphatic heterocycles. The zero-order valence-electron chi connectivity index (χ0n) is 55.7. The molecule has 5 saturated heterocycles. The summed E-state index contributed by atoms with van der Waals surface area (Å²) >= 11 is 0. The molecule has 7 heterocycles. The Morgan fingerprint density at radius 1 is 0.459 bits per heavy atom. The van der Waals surface area contributed by atoms with E-state index in [1.165, 1.54) is 24.9 Å². The first-order valence-electron chi connectivity index (χ1n) is 30.4. The molecular weight excluding hydrogens is 1420 g/mol. The second kappa shape index (κ2) is 39.7. The molecular formula is C57H92F5N4O27P5. The Morgan fingerprint density at radius 3 is 0.990 bits per heavy atom. The van der Waals surface area contributed by atoms with Gasteiger partial charge in [0, 0.05) is 55.3 Å². The van der Waals surface area contributed by atoms with Gasteiger partial charge in [-0.3, -0.25) is 51.5 Å². The fraction of sp³-hybridized carbons (Fsp3) is 0.684. The number of aliphatic hydroxyl groups is 2. The van der Waals surface area contributed by atoms with E-state index in [9.17, 15) is 73.7 Å². The van der Waals surface area contributed by atoms with E-state index in [4.69, 9.17) is 77.2 Å². The van der Waals surface area contributed by atoms with Crippen molar-refractivity contribution >= 4 is 37.1 Å². The Kier molecular flexibility index (Phi) is 35.8. The second-order valence-electron chi connectivity index (χ2n) is 24.1. The lowest BCUT2D eigenvalue weighted by molar-refractivity contribution is -0.0396. The Bertz CT molecular complexity index is 3400. The highest BCUT2D eigenvalue weighted by Crippen LogP contribution is 2.45. The normalized spacial score (nSPS) is 31.5. The average Bonchev–Trinajstić information content (AvgIpc) is 1.64. The van der Waals surface area contributed by atoms with Crippen molar-refractivity contribution in [3.63, 3.8) is 0 Å². The molecule has 98 heavy (non-hydrogen) atoms. The highest BCUT2D eigenvalue weighted by Gasteiger charge is 2.49. The standard InChI is InChI=1S/C14H20FN2O7P.C14H20FN2O6P.C10H18FO5P.C10H18FO4P.C9H16FO5P/c1-8(2)23-12-9(4-6-25(21,22)7-18)24-13(11(12)15)17-5-3-10(19)16-14(17)20;1-8(2)22-12-9(5-7-24(3,20)21)23-13(11(12)15)17-6-4-10(18)16-14(17)19;1-7(2)16-10-8(11)5-15-9(10)3-4-17(13,14)6-12;1-7(2)15-10-8(11)6-14-9(10)4-5-16(3,12)13;1-6(2)15-9-7(10)5-14-8(9)3-4-16(11,12)13/h3-6,8-9,11-13,18H,7H2,1-2H3,(H,21,22)(H,16,19,20);4-9,11-13H,1-3H3,(H,20,21)(H,16,18,19);3-4,7-10,12H,5-6H2,1-2H3,(H,13,14);4-5,7-10H,6H2,1-3H3,(H,12,13);3-4,6-9H,5H2,1-2H3,(H2,11,12,13)/b6-4+;7-5+;4-3+;5-4+;4-3+/t2*9-,11-,12-,13-;2*8-,9+,10-;7-,8+,9-/m11000/s1.